The maximum atomic E-state index is 12.8. The van der Waals surface area contributed by atoms with Gasteiger partial charge in [0.15, 0.2) is 0 Å². The molecule has 24 heavy (non-hydrogen) atoms. The van der Waals surface area contributed by atoms with Crippen molar-refractivity contribution in [3.63, 3.8) is 0 Å². The molecule has 2 amide bonds. The summed E-state index contributed by atoms with van der Waals surface area (Å²) in [6.45, 7) is 2.03. The van der Waals surface area contributed by atoms with E-state index in [1.165, 1.54) is 0 Å². The number of aryl methyl sites for hydroxylation is 1. The Bertz CT molecular complexity index is 725. The fourth-order valence-corrected chi connectivity index (χ4v) is 3.29. The molecule has 1 N–H and O–H groups in total. The Hall–Kier alpha value is -2.62. The van der Waals surface area contributed by atoms with Crippen LogP contribution in [0.2, 0.25) is 0 Å². The van der Waals surface area contributed by atoms with E-state index in [9.17, 15) is 9.59 Å². The number of para-hydroxylation sites is 1. The van der Waals surface area contributed by atoms with E-state index in [1.54, 1.807) is 11.9 Å². The number of carbonyl (C=O) groups is 2. The molecule has 0 unspecified atom stereocenters. The number of nitrogens with one attached hydrogen (secondary N) is 1. The van der Waals surface area contributed by atoms with Crippen LogP contribution >= 0.6 is 0 Å². The molecule has 1 fully saturated rings. The predicted octanol–water partition coefficient (Wildman–Crippen LogP) is 3.54. The van der Waals surface area contributed by atoms with Crippen LogP contribution in [0, 0.1) is 12.8 Å². The molecule has 1 heterocycles. The molecule has 0 spiro atoms. The molecule has 4 heteroatoms. The summed E-state index contributed by atoms with van der Waals surface area (Å²) in [6, 6.07) is 17.3. The van der Waals surface area contributed by atoms with Crippen LogP contribution in [0.3, 0.4) is 0 Å². The third-order valence-electron chi connectivity index (χ3n) is 4.66. The minimum absolute atomic E-state index is 0.0360. The lowest BCUT2D eigenvalue weighted by atomic mass is 9.83. The molecule has 0 saturated carbocycles. The van der Waals surface area contributed by atoms with Crippen LogP contribution in [0.1, 0.15) is 30.0 Å². The number of hydrogen-bond donors (Lipinski definition) is 1. The Morgan fingerprint density at radius 2 is 1.75 bits per heavy atom. The van der Waals surface area contributed by atoms with Gasteiger partial charge in [0.2, 0.25) is 11.8 Å². The maximum Gasteiger partial charge on any atom is 0.229 e. The summed E-state index contributed by atoms with van der Waals surface area (Å²) < 4.78 is 0. The van der Waals surface area contributed by atoms with Crippen LogP contribution in [0.25, 0.3) is 0 Å². The average molecular weight is 322 g/mol. The molecule has 1 aliphatic rings. The van der Waals surface area contributed by atoms with Crippen molar-refractivity contribution in [2.75, 3.05) is 12.4 Å². The average Bonchev–Trinajstić information content (AvgIpc) is 2.59. The Kier molecular flexibility index (Phi) is 4.65. The molecule has 2 aromatic carbocycles. The van der Waals surface area contributed by atoms with E-state index in [4.69, 9.17) is 0 Å². The highest BCUT2D eigenvalue weighted by molar-refractivity contribution is 5.94. The van der Waals surface area contributed by atoms with Crippen molar-refractivity contribution in [3.05, 3.63) is 65.7 Å². The van der Waals surface area contributed by atoms with Crippen molar-refractivity contribution in [1.82, 2.24) is 4.90 Å². The molecule has 1 saturated heterocycles. The highest BCUT2D eigenvalue weighted by atomic mass is 16.2. The van der Waals surface area contributed by atoms with Crippen LogP contribution in [0.4, 0.5) is 5.69 Å². The highest BCUT2D eigenvalue weighted by Gasteiger charge is 2.38. The van der Waals surface area contributed by atoms with Crippen molar-refractivity contribution in [1.29, 1.82) is 0 Å². The largest absolute Gasteiger partial charge is 0.338 e. The number of benzene rings is 2. The van der Waals surface area contributed by atoms with E-state index in [0.29, 0.717) is 12.8 Å². The normalized spacial score (nSPS) is 20.8. The predicted molar refractivity (Wildman–Crippen MR) is 94.5 cm³/mol. The summed E-state index contributed by atoms with van der Waals surface area (Å²) in [7, 11) is 1.79. The first kappa shape index (κ1) is 16.2. The molecule has 1 aliphatic heterocycles. The number of anilines is 1. The third kappa shape index (κ3) is 3.32. The van der Waals surface area contributed by atoms with Crippen molar-refractivity contribution < 1.29 is 9.59 Å². The zero-order valence-electron chi connectivity index (χ0n) is 14.0. The molecule has 124 valence electrons. The van der Waals surface area contributed by atoms with E-state index in [2.05, 4.69) is 5.32 Å². The van der Waals surface area contributed by atoms with E-state index >= 15 is 0 Å². The van der Waals surface area contributed by atoms with Crippen LogP contribution < -0.4 is 5.32 Å². The van der Waals surface area contributed by atoms with Gasteiger partial charge in [-0.15, -0.1) is 0 Å². The monoisotopic (exact) mass is 322 g/mol. The van der Waals surface area contributed by atoms with Gasteiger partial charge in [0.05, 0.1) is 12.0 Å². The van der Waals surface area contributed by atoms with Gasteiger partial charge in [-0.2, -0.15) is 0 Å². The maximum absolute atomic E-state index is 12.8. The van der Waals surface area contributed by atoms with Crippen molar-refractivity contribution in [2.24, 2.45) is 5.92 Å². The van der Waals surface area contributed by atoms with Gasteiger partial charge in [0.25, 0.3) is 0 Å². The summed E-state index contributed by atoms with van der Waals surface area (Å²) in [6.07, 6.45) is 0.978. The first-order valence-corrected chi connectivity index (χ1v) is 8.24. The fourth-order valence-electron chi connectivity index (χ4n) is 3.29. The summed E-state index contributed by atoms with van der Waals surface area (Å²) in [5.74, 6) is -0.203. The second-order valence-corrected chi connectivity index (χ2v) is 6.36. The lowest BCUT2D eigenvalue weighted by Gasteiger charge is -2.38. The Labute approximate surface area is 142 Å². The summed E-state index contributed by atoms with van der Waals surface area (Å²) in [4.78, 5) is 26.7. The van der Waals surface area contributed by atoms with E-state index < -0.39 is 0 Å². The Balaban J connectivity index is 1.87. The van der Waals surface area contributed by atoms with Crippen molar-refractivity contribution in [2.45, 2.75) is 25.8 Å². The Morgan fingerprint density at radius 1 is 1.08 bits per heavy atom. The fraction of sp³-hybridized carbons (Fsp3) is 0.300. The van der Waals surface area contributed by atoms with Gasteiger partial charge in [-0.3, -0.25) is 9.59 Å². The van der Waals surface area contributed by atoms with Gasteiger partial charge in [-0.1, -0.05) is 48.0 Å². The van der Waals surface area contributed by atoms with Crippen molar-refractivity contribution in [3.8, 4) is 0 Å². The van der Waals surface area contributed by atoms with Crippen LogP contribution in [-0.4, -0.2) is 23.8 Å². The molecule has 3 rings (SSSR count). The summed E-state index contributed by atoms with van der Waals surface area (Å²) in [5, 5.41) is 2.98. The Morgan fingerprint density at radius 3 is 2.42 bits per heavy atom. The molecular formula is C20H22N2O2. The quantitative estimate of drug-likeness (QED) is 0.939. The van der Waals surface area contributed by atoms with Gasteiger partial charge >= 0.3 is 0 Å². The molecule has 0 bridgehead atoms. The number of likely N-dealkylation sites (tertiary alicyclic amines) is 1. The summed E-state index contributed by atoms with van der Waals surface area (Å²) in [5.41, 5.74) is 2.95. The SMILES string of the molecule is Cc1ccc([C@H]2[C@H](C(=O)Nc3ccccc3)CCC(=O)N2C)cc1. The first-order chi connectivity index (χ1) is 11.6. The number of rotatable bonds is 3. The molecule has 0 aliphatic carbocycles. The second kappa shape index (κ2) is 6.87. The molecule has 2 atom stereocenters. The number of amides is 2. The molecule has 0 aromatic heterocycles. The van der Waals surface area contributed by atoms with Gasteiger partial charge in [-0.05, 0) is 31.0 Å². The molecule has 4 nitrogen and oxygen atoms in total. The van der Waals surface area contributed by atoms with Gasteiger partial charge in [0.1, 0.15) is 0 Å². The highest BCUT2D eigenvalue weighted by Crippen LogP contribution is 2.36. The number of hydrogen-bond acceptors (Lipinski definition) is 2. The first-order valence-electron chi connectivity index (χ1n) is 8.24. The minimum Gasteiger partial charge on any atom is -0.338 e. The standard InChI is InChI=1S/C20H22N2O2/c1-14-8-10-15(11-9-14)19-17(12-13-18(23)22(19)2)20(24)21-16-6-4-3-5-7-16/h3-11,17,19H,12-13H2,1-2H3,(H,21,24)/t17-,19+/m1/s1. The topological polar surface area (TPSA) is 49.4 Å². The van der Waals surface area contributed by atoms with Crippen molar-refractivity contribution >= 4 is 17.5 Å². The molecular weight excluding hydrogens is 300 g/mol. The number of nitrogens with zero attached hydrogens (tertiary/aromatic N) is 1. The van der Waals surface area contributed by atoms with E-state index in [1.807, 2.05) is 61.5 Å². The lowest BCUT2D eigenvalue weighted by molar-refractivity contribution is -0.140. The molecule has 0 radical (unpaired) electrons. The number of carbonyl (C=O) groups excluding carboxylic acids is 2. The van der Waals surface area contributed by atoms with Crippen LogP contribution in [0.15, 0.2) is 54.6 Å². The zero-order valence-corrected chi connectivity index (χ0v) is 14.0. The smallest absolute Gasteiger partial charge is 0.229 e. The van der Waals surface area contributed by atoms with E-state index in [-0.39, 0.29) is 23.8 Å². The van der Waals surface area contributed by atoms with Gasteiger partial charge < -0.3 is 10.2 Å². The van der Waals surface area contributed by atoms with Crippen LogP contribution in [-0.2, 0) is 9.59 Å². The third-order valence-corrected chi connectivity index (χ3v) is 4.66. The lowest BCUT2D eigenvalue weighted by Crippen LogP contribution is -2.44. The minimum atomic E-state index is -0.254. The second-order valence-electron chi connectivity index (χ2n) is 6.36. The zero-order chi connectivity index (χ0) is 17.1. The number of piperidine rings is 1. The van der Waals surface area contributed by atoms with Crippen LogP contribution in [0.5, 0.6) is 0 Å². The summed E-state index contributed by atoms with van der Waals surface area (Å²) >= 11 is 0. The van der Waals surface area contributed by atoms with Gasteiger partial charge in [-0.25, -0.2) is 0 Å². The van der Waals surface area contributed by atoms with E-state index in [0.717, 1.165) is 16.8 Å². The van der Waals surface area contributed by atoms with Gasteiger partial charge in [0, 0.05) is 19.2 Å². The molecule has 2 aromatic rings.